The first-order valence-corrected chi connectivity index (χ1v) is 6.77. The maximum absolute atomic E-state index is 11.9. The fourth-order valence-electron chi connectivity index (χ4n) is 1.48. The Morgan fingerprint density at radius 2 is 1.95 bits per heavy atom. The minimum atomic E-state index is -1.20. The van der Waals surface area contributed by atoms with Crippen LogP contribution in [0.15, 0.2) is 30.3 Å². The van der Waals surface area contributed by atoms with E-state index in [0.717, 1.165) is 5.01 Å². The zero-order valence-corrected chi connectivity index (χ0v) is 11.5. The number of rotatable bonds is 4. The summed E-state index contributed by atoms with van der Waals surface area (Å²) in [6.07, 6.45) is -1.20. The molecule has 1 heterocycles. The van der Waals surface area contributed by atoms with Gasteiger partial charge in [-0.15, -0.1) is 10.2 Å². The zero-order chi connectivity index (χ0) is 13.8. The van der Waals surface area contributed by atoms with Crippen LogP contribution in [0.2, 0.25) is 0 Å². The zero-order valence-electron chi connectivity index (χ0n) is 10.7. The van der Waals surface area contributed by atoms with Crippen molar-refractivity contribution < 1.29 is 9.90 Å². The molecule has 0 spiro atoms. The Balaban J connectivity index is 2.04. The Bertz CT molecular complexity index is 554. The molecule has 0 bridgehead atoms. The summed E-state index contributed by atoms with van der Waals surface area (Å²) >= 11 is 1.32. The van der Waals surface area contributed by atoms with Gasteiger partial charge in [0.1, 0.15) is 5.01 Å². The predicted octanol–water partition coefficient (Wildman–Crippen LogP) is 2.33. The van der Waals surface area contributed by atoms with Crippen LogP contribution in [-0.2, 0) is 4.79 Å². The van der Waals surface area contributed by atoms with Crippen molar-refractivity contribution in [1.82, 2.24) is 10.2 Å². The molecule has 2 N–H and O–H groups in total. The van der Waals surface area contributed by atoms with Gasteiger partial charge in [0.15, 0.2) is 6.10 Å². The molecule has 19 heavy (non-hydrogen) atoms. The molecule has 2 rings (SSSR count). The first-order chi connectivity index (χ1) is 9.08. The van der Waals surface area contributed by atoms with Crippen LogP contribution in [0.4, 0.5) is 5.13 Å². The molecule has 0 aliphatic heterocycles. The fraction of sp³-hybridized carbons (Fsp3) is 0.308. The molecule has 0 saturated heterocycles. The van der Waals surface area contributed by atoms with E-state index in [4.69, 9.17) is 0 Å². The Morgan fingerprint density at radius 1 is 1.26 bits per heavy atom. The van der Waals surface area contributed by atoms with E-state index >= 15 is 0 Å². The second-order valence-electron chi connectivity index (χ2n) is 4.40. The molecule has 1 atom stereocenters. The lowest BCUT2D eigenvalue weighted by Gasteiger charge is -2.09. The van der Waals surface area contributed by atoms with Gasteiger partial charge in [0, 0.05) is 5.92 Å². The lowest BCUT2D eigenvalue weighted by molar-refractivity contribution is -0.124. The van der Waals surface area contributed by atoms with Crippen molar-refractivity contribution in [3.63, 3.8) is 0 Å². The predicted molar refractivity (Wildman–Crippen MR) is 74.0 cm³/mol. The van der Waals surface area contributed by atoms with Crippen molar-refractivity contribution in [2.75, 3.05) is 5.32 Å². The SMILES string of the molecule is CC(C)c1nnc(NC(=O)C(O)c2ccccc2)s1. The van der Waals surface area contributed by atoms with E-state index < -0.39 is 12.0 Å². The van der Waals surface area contributed by atoms with Gasteiger partial charge >= 0.3 is 0 Å². The van der Waals surface area contributed by atoms with Crippen molar-refractivity contribution in [3.8, 4) is 0 Å². The molecule has 0 saturated carbocycles. The van der Waals surface area contributed by atoms with Crippen molar-refractivity contribution >= 4 is 22.4 Å². The summed E-state index contributed by atoms with van der Waals surface area (Å²) in [5, 5.41) is 21.6. The van der Waals surface area contributed by atoms with Gasteiger partial charge in [0.05, 0.1) is 0 Å². The highest BCUT2D eigenvalue weighted by atomic mass is 32.1. The van der Waals surface area contributed by atoms with Gasteiger partial charge in [0.2, 0.25) is 5.13 Å². The number of nitrogens with one attached hydrogen (secondary N) is 1. The molecule has 1 amide bonds. The summed E-state index contributed by atoms with van der Waals surface area (Å²) in [5.41, 5.74) is 0.550. The number of hydrogen-bond donors (Lipinski definition) is 2. The van der Waals surface area contributed by atoms with Crippen molar-refractivity contribution in [2.24, 2.45) is 0 Å². The Kier molecular flexibility index (Phi) is 4.24. The van der Waals surface area contributed by atoms with Gasteiger partial charge in [-0.3, -0.25) is 10.1 Å². The van der Waals surface area contributed by atoms with Crippen LogP contribution in [0.3, 0.4) is 0 Å². The second kappa shape index (κ2) is 5.90. The molecule has 1 unspecified atom stereocenters. The van der Waals surface area contributed by atoms with Gasteiger partial charge < -0.3 is 5.11 Å². The smallest absolute Gasteiger partial charge is 0.259 e. The van der Waals surface area contributed by atoms with Gasteiger partial charge in [-0.05, 0) is 5.56 Å². The molecule has 2 aromatic rings. The van der Waals surface area contributed by atoms with E-state index in [0.29, 0.717) is 10.7 Å². The minimum absolute atomic E-state index is 0.266. The summed E-state index contributed by atoms with van der Waals surface area (Å²) in [4.78, 5) is 11.9. The van der Waals surface area contributed by atoms with Gasteiger partial charge in [-0.25, -0.2) is 0 Å². The molecule has 0 radical (unpaired) electrons. The monoisotopic (exact) mass is 277 g/mol. The number of carbonyl (C=O) groups is 1. The van der Waals surface area contributed by atoms with Crippen LogP contribution in [0.1, 0.15) is 36.4 Å². The highest BCUT2D eigenvalue weighted by Crippen LogP contribution is 2.23. The summed E-state index contributed by atoms with van der Waals surface area (Å²) in [6, 6.07) is 8.77. The highest BCUT2D eigenvalue weighted by molar-refractivity contribution is 7.15. The maximum Gasteiger partial charge on any atom is 0.259 e. The lowest BCUT2D eigenvalue weighted by atomic mass is 10.1. The number of benzene rings is 1. The molecule has 1 aromatic heterocycles. The van der Waals surface area contributed by atoms with E-state index in [9.17, 15) is 9.90 Å². The van der Waals surface area contributed by atoms with Crippen molar-refractivity contribution in [1.29, 1.82) is 0 Å². The lowest BCUT2D eigenvalue weighted by Crippen LogP contribution is -2.20. The third kappa shape index (κ3) is 3.36. The van der Waals surface area contributed by atoms with Crippen LogP contribution in [0.25, 0.3) is 0 Å². The van der Waals surface area contributed by atoms with E-state index in [2.05, 4.69) is 15.5 Å². The minimum Gasteiger partial charge on any atom is -0.378 e. The Labute approximate surface area is 115 Å². The molecule has 0 fully saturated rings. The first kappa shape index (κ1) is 13.6. The topological polar surface area (TPSA) is 75.1 Å². The summed E-state index contributed by atoms with van der Waals surface area (Å²) in [5.74, 6) is -0.236. The maximum atomic E-state index is 11.9. The van der Waals surface area contributed by atoms with Crippen LogP contribution in [-0.4, -0.2) is 21.2 Å². The second-order valence-corrected chi connectivity index (χ2v) is 5.41. The van der Waals surface area contributed by atoms with Crippen LogP contribution in [0, 0.1) is 0 Å². The van der Waals surface area contributed by atoms with Gasteiger partial charge in [0.25, 0.3) is 5.91 Å². The average Bonchev–Trinajstić information content (AvgIpc) is 2.87. The molecule has 6 heteroatoms. The molecule has 5 nitrogen and oxygen atoms in total. The van der Waals surface area contributed by atoms with Crippen LogP contribution < -0.4 is 5.32 Å². The summed E-state index contributed by atoms with van der Waals surface area (Å²) in [6.45, 7) is 4.01. The number of amides is 1. The third-order valence-electron chi connectivity index (χ3n) is 2.53. The summed E-state index contributed by atoms with van der Waals surface area (Å²) in [7, 11) is 0. The Hall–Kier alpha value is -1.79. The van der Waals surface area contributed by atoms with Crippen molar-refractivity contribution in [3.05, 3.63) is 40.9 Å². The molecule has 1 aromatic carbocycles. The normalized spacial score (nSPS) is 12.4. The number of aromatic nitrogens is 2. The quantitative estimate of drug-likeness (QED) is 0.899. The van der Waals surface area contributed by atoms with Gasteiger partial charge in [-0.1, -0.05) is 55.5 Å². The number of carbonyl (C=O) groups excluding carboxylic acids is 1. The van der Waals surface area contributed by atoms with Crippen LogP contribution >= 0.6 is 11.3 Å². The highest BCUT2D eigenvalue weighted by Gasteiger charge is 2.19. The van der Waals surface area contributed by atoms with E-state index in [-0.39, 0.29) is 5.92 Å². The third-order valence-corrected chi connectivity index (χ3v) is 3.67. The average molecular weight is 277 g/mol. The number of nitrogens with zero attached hydrogens (tertiary/aromatic N) is 2. The largest absolute Gasteiger partial charge is 0.378 e. The van der Waals surface area contributed by atoms with E-state index in [1.807, 2.05) is 19.9 Å². The number of aliphatic hydroxyl groups is 1. The first-order valence-electron chi connectivity index (χ1n) is 5.95. The molecule has 0 aliphatic rings. The fourth-order valence-corrected chi connectivity index (χ4v) is 2.23. The summed E-state index contributed by atoms with van der Waals surface area (Å²) < 4.78 is 0. The molecular weight excluding hydrogens is 262 g/mol. The molecule has 0 aliphatic carbocycles. The van der Waals surface area contributed by atoms with E-state index in [1.165, 1.54) is 11.3 Å². The van der Waals surface area contributed by atoms with Crippen LogP contribution in [0.5, 0.6) is 0 Å². The number of aliphatic hydroxyl groups excluding tert-OH is 1. The Morgan fingerprint density at radius 3 is 2.53 bits per heavy atom. The van der Waals surface area contributed by atoms with E-state index in [1.54, 1.807) is 24.3 Å². The number of hydrogen-bond acceptors (Lipinski definition) is 5. The van der Waals surface area contributed by atoms with Crippen molar-refractivity contribution in [2.45, 2.75) is 25.9 Å². The molecular formula is C13H15N3O2S. The molecule has 100 valence electrons. The van der Waals surface area contributed by atoms with Gasteiger partial charge in [-0.2, -0.15) is 0 Å². The number of anilines is 1. The standard InChI is InChI=1S/C13H15N3O2S/c1-8(2)12-15-16-13(19-12)14-11(18)10(17)9-6-4-3-5-7-9/h3-8,10,17H,1-2H3,(H,14,16,18).